The topological polar surface area (TPSA) is 51.0 Å². The highest BCUT2D eigenvalue weighted by Gasteiger charge is 2.28. The van der Waals surface area contributed by atoms with Crippen molar-refractivity contribution in [3.8, 4) is 0 Å². The number of rotatable bonds is 8. The van der Waals surface area contributed by atoms with E-state index in [4.69, 9.17) is 4.52 Å². The molecule has 112 valence electrons. The van der Waals surface area contributed by atoms with Gasteiger partial charge in [0, 0.05) is 17.4 Å². The lowest BCUT2D eigenvalue weighted by atomic mass is 10.2. The highest BCUT2D eigenvalue weighted by molar-refractivity contribution is 7.98. The summed E-state index contributed by atoms with van der Waals surface area (Å²) in [5, 5.41) is 7.47. The van der Waals surface area contributed by atoms with Gasteiger partial charge in [-0.15, -0.1) is 11.8 Å². The SMILES string of the molecule is CCCNCc1cccc(SCc2nc(C3CC3)no2)c1. The van der Waals surface area contributed by atoms with Crippen LogP contribution in [0.15, 0.2) is 33.7 Å². The summed E-state index contributed by atoms with van der Waals surface area (Å²) in [6.45, 7) is 4.16. The monoisotopic (exact) mass is 303 g/mol. The molecule has 0 bridgehead atoms. The number of nitrogens with one attached hydrogen (secondary N) is 1. The maximum absolute atomic E-state index is 5.30. The summed E-state index contributed by atoms with van der Waals surface area (Å²) in [6.07, 6.45) is 3.58. The van der Waals surface area contributed by atoms with Gasteiger partial charge in [0.1, 0.15) is 0 Å². The van der Waals surface area contributed by atoms with Crippen LogP contribution in [0.4, 0.5) is 0 Å². The Bertz CT molecular complexity index is 580. The summed E-state index contributed by atoms with van der Waals surface area (Å²) < 4.78 is 5.30. The average Bonchev–Trinajstić information content (AvgIpc) is 3.25. The van der Waals surface area contributed by atoms with E-state index < -0.39 is 0 Å². The van der Waals surface area contributed by atoms with Crippen LogP contribution in [-0.2, 0) is 12.3 Å². The third kappa shape index (κ3) is 4.32. The van der Waals surface area contributed by atoms with Gasteiger partial charge in [-0.2, -0.15) is 4.98 Å². The molecule has 0 amide bonds. The number of hydrogen-bond donors (Lipinski definition) is 1. The number of nitrogens with zero attached hydrogens (tertiary/aromatic N) is 2. The van der Waals surface area contributed by atoms with Gasteiger partial charge in [0.2, 0.25) is 5.89 Å². The first-order valence-electron chi connectivity index (χ1n) is 7.60. The van der Waals surface area contributed by atoms with E-state index in [2.05, 4.69) is 46.6 Å². The molecule has 1 aromatic carbocycles. The van der Waals surface area contributed by atoms with Crippen molar-refractivity contribution in [2.75, 3.05) is 6.54 Å². The molecule has 21 heavy (non-hydrogen) atoms. The molecule has 1 saturated carbocycles. The molecule has 1 aromatic heterocycles. The van der Waals surface area contributed by atoms with Crippen LogP contribution in [0.3, 0.4) is 0 Å². The second-order valence-electron chi connectivity index (χ2n) is 5.43. The lowest BCUT2D eigenvalue weighted by Crippen LogP contribution is -2.13. The second-order valence-corrected chi connectivity index (χ2v) is 6.48. The van der Waals surface area contributed by atoms with Crippen molar-refractivity contribution in [2.24, 2.45) is 0 Å². The van der Waals surface area contributed by atoms with Crippen LogP contribution >= 0.6 is 11.8 Å². The Hall–Kier alpha value is -1.33. The first kappa shape index (κ1) is 14.6. The summed E-state index contributed by atoms with van der Waals surface area (Å²) in [5.41, 5.74) is 1.32. The van der Waals surface area contributed by atoms with Crippen LogP contribution in [-0.4, -0.2) is 16.7 Å². The maximum Gasteiger partial charge on any atom is 0.237 e. The molecule has 1 aliphatic carbocycles. The van der Waals surface area contributed by atoms with E-state index in [9.17, 15) is 0 Å². The van der Waals surface area contributed by atoms with E-state index in [1.54, 1.807) is 11.8 Å². The summed E-state index contributed by atoms with van der Waals surface area (Å²) in [7, 11) is 0. The summed E-state index contributed by atoms with van der Waals surface area (Å²) in [5.74, 6) is 2.92. The van der Waals surface area contributed by atoms with Gasteiger partial charge in [-0.25, -0.2) is 0 Å². The minimum Gasteiger partial charge on any atom is -0.338 e. The molecule has 0 spiro atoms. The largest absolute Gasteiger partial charge is 0.338 e. The summed E-state index contributed by atoms with van der Waals surface area (Å²) in [4.78, 5) is 5.71. The minimum atomic E-state index is 0.556. The fourth-order valence-corrected chi connectivity index (χ4v) is 2.95. The molecule has 0 unspecified atom stereocenters. The van der Waals surface area contributed by atoms with Crippen LogP contribution in [0.2, 0.25) is 0 Å². The molecule has 5 heteroatoms. The molecule has 1 heterocycles. The van der Waals surface area contributed by atoms with Gasteiger partial charge in [0.15, 0.2) is 5.82 Å². The molecule has 1 fully saturated rings. The summed E-state index contributed by atoms with van der Waals surface area (Å²) >= 11 is 1.75. The Labute approximate surface area is 129 Å². The van der Waals surface area contributed by atoms with Crippen molar-refractivity contribution in [2.45, 2.75) is 49.3 Å². The molecule has 1 aliphatic rings. The molecule has 1 N–H and O–H groups in total. The number of thioether (sulfide) groups is 1. The third-order valence-corrected chi connectivity index (χ3v) is 4.42. The molecular weight excluding hydrogens is 282 g/mol. The molecule has 0 saturated heterocycles. The van der Waals surface area contributed by atoms with Crippen molar-refractivity contribution in [3.05, 3.63) is 41.5 Å². The Balaban J connectivity index is 1.52. The molecular formula is C16H21N3OS. The molecule has 3 rings (SSSR count). The van der Waals surface area contributed by atoms with E-state index in [-0.39, 0.29) is 0 Å². The van der Waals surface area contributed by atoms with Crippen LogP contribution in [0.25, 0.3) is 0 Å². The normalized spacial score (nSPS) is 14.5. The lowest BCUT2D eigenvalue weighted by Gasteiger charge is -2.05. The van der Waals surface area contributed by atoms with Crippen molar-refractivity contribution in [1.29, 1.82) is 0 Å². The van der Waals surface area contributed by atoms with Crippen LogP contribution < -0.4 is 5.32 Å². The Morgan fingerprint density at radius 2 is 2.29 bits per heavy atom. The van der Waals surface area contributed by atoms with Gasteiger partial charge in [-0.3, -0.25) is 0 Å². The zero-order valence-electron chi connectivity index (χ0n) is 12.3. The Kier molecular flexibility index (Phi) is 4.93. The fraction of sp³-hybridized carbons (Fsp3) is 0.500. The van der Waals surface area contributed by atoms with Gasteiger partial charge in [0.25, 0.3) is 0 Å². The van der Waals surface area contributed by atoms with Gasteiger partial charge in [-0.05, 0) is 43.5 Å². The fourth-order valence-electron chi connectivity index (χ4n) is 2.13. The lowest BCUT2D eigenvalue weighted by molar-refractivity contribution is 0.385. The quantitative estimate of drug-likeness (QED) is 0.594. The zero-order chi connectivity index (χ0) is 14.5. The van der Waals surface area contributed by atoms with Crippen molar-refractivity contribution >= 4 is 11.8 Å². The highest BCUT2D eigenvalue weighted by Crippen LogP contribution is 2.38. The summed E-state index contributed by atoms with van der Waals surface area (Å²) in [6, 6.07) is 8.62. The van der Waals surface area contributed by atoms with Crippen LogP contribution in [0.5, 0.6) is 0 Å². The number of aromatic nitrogens is 2. The third-order valence-electron chi connectivity index (χ3n) is 3.44. The van der Waals surface area contributed by atoms with Gasteiger partial charge in [-0.1, -0.05) is 24.2 Å². The second kappa shape index (κ2) is 7.09. The van der Waals surface area contributed by atoms with E-state index in [1.165, 1.54) is 23.3 Å². The maximum atomic E-state index is 5.30. The number of hydrogen-bond acceptors (Lipinski definition) is 5. The smallest absolute Gasteiger partial charge is 0.237 e. The van der Waals surface area contributed by atoms with Gasteiger partial charge < -0.3 is 9.84 Å². The Morgan fingerprint density at radius 3 is 3.10 bits per heavy atom. The Morgan fingerprint density at radius 1 is 1.38 bits per heavy atom. The molecule has 0 radical (unpaired) electrons. The van der Waals surface area contributed by atoms with E-state index in [0.29, 0.717) is 5.92 Å². The van der Waals surface area contributed by atoms with Crippen LogP contribution in [0, 0.1) is 0 Å². The number of benzene rings is 1. The van der Waals surface area contributed by atoms with Gasteiger partial charge in [0.05, 0.1) is 5.75 Å². The van der Waals surface area contributed by atoms with E-state index in [0.717, 1.165) is 37.0 Å². The molecule has 2 aromatic rings. The van der Waals surface area contributed by atoms with Crippen LogP contribution in [0.1, 0.15) is 49.4 Å². The first-order valence-corrected chi connectivity index (χ1v) is 8.58. The zero-order valence-corrected chi connectivity index (χ0v) is 13.2. The minimum absolute atomic E-state index is 0.556. The van der Waals surface area contributed by atoms with Crippen molar-refractivity contribution < 1.29 is 4.52 Å². The van der Waals surface area contributed by atoms with Crippen molar-refractivity contribution in [3.63, 3.8) is 0 Å². The van der Waals surface area contributed by atoms with E-state index >= 15 is 0 Å². The molecule has 0 atom stereocenters. The molecule has 4 nitrogen and oxygen atoms in total. The molecule has 0 aliphatic heterocycles. The predicted octanol–water partition coefficient (Wildman–Crippen LogP) is 3.74. The van der Waals surface area contributed by atoms with E-state index in [1.807, 2.05) is 0 Å². The highest BCUT2D eigenvalue weighted by atomic mass is 32.2. The van der Waals surface area contributed by atoms with Crippen molar-refractivity contribution in [1.82, 2.24) is 15.5 Å². The van der Waals surface area contributed by atoms with Gasteiger partial charge >= 0.3 is 0 Å². The standard InChI is InChI=1S/C16H21N3OS/c1-2-8-17-10-12-4-3-5-14(9-12)21-11-15-18-16(19-20-15)13-6-7-13/h3-5,9,13,17H,2,6-8,10-11H2,1H3. The average molecular weight is 303 g/mol. The first-order chi connectivity index (χ1) is 10.3. The predicted molar refractivity (Wildman–Crippen MR) is 84.3 cm³/mol.